The summed E-state index contributed by atoms with van der Waals surface area (Å²) in [5, 5.41) is 0. The quantitative estimate of drug-likeness (QED) is 0.0343. The maximum Gasteiger partial charge on any atom is 0.306 e. The first-order valence-electron chi connectivity index (χ1n) is 32.5. The smallest absolute Gasteiger partial charge is 0.306 e. The second-order valence-electron chi connectivity index (χ2n) is 22.4. The molecule has 0 saturated carbocycles. The van der Waals surface area contributed by atoms with Gasteiger partial charge in [0.1, 0.15) is 13.2 Å². The van der Waals surface area contributed by atoms with Gasteiger partial charge in [-0.15, -0.1) is 0 Å². The predicted octanol–water partition coefficient (Wildman–Crippen LogP) is 21.9. The third-order valence-corrected chi connectivity index (χ3v) is 15.1. The highest BCUT2D eigenvalue weighted by molar-refractivity contribution is 5.71. The molecule has 0 rings (SSSR count). The minimum Gasteiger partial charge on any atom is -0.462 e. The van der Waals surface area contributed by atoms with Crippen molar-refractivity contribution in [1.29, 1.82) is 0 Å². The van der Waals surface area contributed by atoms with Crippen molar-refractivity contribution >= 4 is 17.9 Å². The third kappa shape index (κ3) is 59.2. The Kier molecular flexibility index (Phi) is 59.6. The van der Waals surface area contributed by atoms with Crippen molar-refractivity contribution in [3.8, 4) is 0 Å². The molecular weight excluding hydrogens is 877 g/mol. The zero-order valence-corrected chi connectivity index (χ0v) is 48.5. The van der Waals surface area contributed by atoms with E-state index < -0.39 is 6.10 Å². The summed E-state index contributed by atoms with van der Waals surface area (Å²) in [5.41, 5.74) is 0. The van der Waals surface area contributed by atoms with E-state index in [2.05, 4.69) is 20.8 Å². The van der Waals surface area contributed by atoms with Crippen LogP contribution in [0.4, 0.5) is 0 Å². The fourth-order valence-corrected chi connectivity index (χ4v) is 10.2. The van der Waals surface area contributed by atoms with E-state index in [-0.39, 0.29) is 31.1 Å². The molecule has 0 aromatic rings. The van der Waals surface area contributed by atoms with Crippen LogP contribution in [0, 0.1) is 0 Å². The van der Waals surface area contributed by atoms with E-state index in [1.807, 2.05) is 0 Å². The lowest BCUT2D eigenvalue weighted by molar-refractivity contribution is -0.167. The van der Waals surface area contributed by atoms with Crippen LogP contribution in [0.25, 0.3) is 0 Å². The fourth-order valence-electron chi connectivity index (χ4n) is 10.2. The van der Waals surface area contributed by atoms with Crippen LogP contribution in [-0.4, -0.2) is 37.2 Å². The van der Waals surface area contributed by atoms with Crippen LogP contribution in [0.15, 0.2) is 0 Å². The highest BCUT2D eigenvalue weighted by Gasteiger charge is 2.19. The Bertz CT molecular complexity index is 1060. The highest BCUT2D eigenvalue weighted by Crippen LogP contribution is 2.19. The highest BCUT2D eigenvalue weighted by atomic mass is 16.6. The van der Waals surface area contributed by atoms with E-state index in [0.717, 1.165) is 57.8 Å². The monoisotopic (exact) mass is 1000 g/mol. The van der Waals surface area contributed by atoms with Crippen LogP contribution in [0.2, 0.25) is 0 Å². The first-order valence-corrected chi connectivity index (χ1v) is 32.5. The van der Waals surface area contributed by atoms with Crippen LogP contribution in [-0.2, 0) is 28.6 Å². The molecule has 6 nitrogen and oxygen atoms in total. The number of unbranched alkanes of at least 4 members (excludes halogenated alkanes) is 50. The van der Waals surface area contributed by atoms with Gasteiger partial charge in [0, 0.05) is 19.3 Å². The van der Waals surface area contributed by atoms with Gasteiger partial charge in [0.25, 0.3) is 0 Å². The van der Waals surface area contributed by atoms with Crippen LogP contribution in [0.1, 0.15) is 380 Å². The zero-order chi connectivity index (χ0) is 51.4. The van der Waals surface area contributed by atoms with E-state index in [4.69, 9.17) is 14.2 Å². The zero-order valence-electron chi connectivity index (χ0n) is 48.5. The SMILES string of the molecule is CCCCCCCCCCCCCCCCCCCCCCCC(=O)OCC(COC(=O)CCCCCCCCCCCCCCCCCC)OC(=O)CCCCCCCCCCCCCCCCCC. The van der Waals surface area contributed by atoms with Crippen molar-refractivity contribution < 1.29 is 28.6 Å². The van der Waals surface area contributed by atoms with Crippen molar-refractivity contribution in [2.75, 3.05) is 13.2 Å². The molecule has 0 aliphatic heterocycles. The molecule has 0 bridgehead atoms. The van der Waals surface area contributed by atoms with Crippen molar-refractivity contribution in [2.24, 2.45) is 0 Å². The van der Waals surface area contributed by atoms with Gasteiger partial charge in [0.05, 0.1) is 0 Å². The number of rotatable bonds is 61. The van der Waals surface area contributed by atoms with Gasteiger partial charge in [-0.25, -0.2) is 0 Å². The Morgan fingerprint density at radius 1 is 0.225 bits per heavy atom. The van der Waals surface area contributed by atoms with Gasteiger partial charge in [-0.2, -0.15) is 0 Å². The molecule has 0 radical (unpaired) electrons. The van der Waals surface area contributed by atoms with Crippen molar-refractivity contribution in [3.63, 3.8) is 0 Å². The molecule has 0 aromatic carbocycles. The van der Waals surface area contributed by atoms with E-state index >= 15 is 0 Å². The number of esters is 3. The van der Waals surface area contributed by atoms with Crippen LogP contribution >= 0.6 is 0 Å². The lowest BCUT2D eigenvalue weighted by atomic mass is 10.0. The molecule has 1 atom stereocenters. The molecule has 0 N–H and O–H groups in total. The van der Waals surface area contributed by atoms with E-state index in [1.54, 1.807) is 0 Å². The van der Waals surface area contributed by atoms with Gasteiger partial charge < -0.3 is 14.2 Å². The minimum atomic E-state index is -0.762. The van der Waals surface area contributed by atoms with Crippen LogP contribution in [0.5, 0.6) is 0 Å². The average Bonchev–Trinajstić information content (AvgIpc) is 3.37. The van der Waals surface area contributed by atoms with Gasteiger partial charge in [-0.1, -0.05) is 342 Å². The van der Waals surface area contributed by atoms with E-state index in [9.17, 15) is 14.4 Å². The molecule has 0 fully saturated rings. The molecule has 0 spiro atoms. The van der Waals surface area contributed by atoms with Gasteiger partial charge in [-0.05, 0) is 19.3 Å². The van der Waals surface area contributed by atoms with Crippen LogP contribution in [0.3, 0.4) is 0 Å². The summed E-state index contributed by atoms with van der Waals surface area (Å²) >= 11 is 0. The summed E-state index contributed by atoms with van der Waals surface area (Å²) in [5.74, 6) is -0.823. The van der Waals surface area contributed by atoms with E-state index in [0.29, 0.717) is 19.3 Å². The molecule has 0 aliphatic rings. The second kappa shape index (κ2) is 61.0. The lowest BCUT2D eigenvalue weighted by Crippen LogP contribution is -2.30. The first kappa shape index (κ1) is 69.4. The minimum absolute atomic E-state index is 0.0604. The average molecular weight is 1000 g/mol. The summed E-state index contributed by atoms with van der Waals surface area (Å²) in [6.45, 7) is 6.73. The molecule has 0 aromatic heterocycles. The molecule has 0 aliphatic carbocycles. The van der Waals surface area contributed by atoms with Gasteiger partial charge in [0.15, 0.2) is 6.10 Å². The standard InChI is InChI=1S/C65H126O6/c1-4-7-10-13-16-19-22-25-28-31-32-33-34-35-38-40-43-46-49-52-55-58-64(67)70-61-62(71-65(68)59-56-53-50-47-44-41-37-30-27-24-21-18-15-12-9-6-3)60-69-63(66)57-54-51-48-45-42-39-36-29-26-23-20-17-14-11-8-5-2/h62H,4-61H2,1-3H3. The molecule has 0 saturated heterocycles. The van der Waals surface area contributed by atoms with Gasteiger partial charge >= 0.3 is 17.9 Å². The molecule has 71 heavy (non-hydrogen) atoms. The molecule has 1 unspecified atom stereocenters. The Morgan fingerprint density at radius 3 is 0.563 bits per heavy atom. The second-order valence-corrected chi connectivity index (χ2v) is 22.4. The largest absolute Gasteiger partial charge is 0.462 e. The fraction of sp³-hybridized carbons (Fsp3) is 0.954. The summed E-state index contributed by atoms with van der Waals surface area (Å²) in [6.07, 6.45) is 69.6. The topological polar surface area (TPSA) is 78.9 Å². The maximum atomic E-state index is 12.9. The summed E-state index contributed by atoms with van der Waals surface area (Å²) < 4.78 is 17.0. The number of ether oxygens (including phenoxy) is 3. The predicted molar refractivity (Wildman–Crippen MR) is 307 cm³/mol. The Morgan fingerprint density at radius 2 is 0.380 bits per heavy atom. The third-order valence-electron chi connectivity index (χ3n) is 15.1. The normalized spacial score (nSPS) is 11.9. The van der Waals surface area contributed by atoms with E-state index in [1.165, 1.54) is 283 Å². The summed E-state index contributed by atoms with van der Waals surface area (Å²) in [7, 11) is 0. The molecular formula is C65H126O6. The molecule has 0 amide bonds. The lowest BCUT2D eigenvalue weighted by Gasteiger charge is -2.18. The number of carbonyl (C=O) groups is 3. The number of hydrogen-bond donors (Lipinski definition) is 0. The van der Waals surface area contributed by atoms with Crippen LogP contribution < -0.4 is 0 Å². The summed E-state index contributed by atoms with van der Waals surface area (Å²) in [6, 6.07) is 0. The Balaban J connectivity index is 4.25. The van der Waals surface area contributed by atoms with Gasteiger partial charge in [0.2, 0.25) is 0 Å². The van der Waals surface area contributed by atoms with Gasteiger partial charge in [-0.3, -0.25) is 14.4 Å². The molecule has 6 heteroatoms. The molecule has 422 valence electrons. The van der Waals surface area contributed by atoms with Crippen molar-refractivity contribution in [3.05, 3.63) is 0 Å². The number of carbonyl (C=O) groups excluding carboxylic acids is 3. The number of hydrogen-bond acceptors (Lipinski definition) is 6. The summed E-state index contributed by atoms with van der Waals surface area (Å²) in [4.78, 5) is 38.3. The maximum absolute atomic E-state index is 12.9. The Labute approximate surface area is 444 Å². The molecule has 0 heterocycles. The van der Waals surface area contributed by atoms with Crippen molar-refractivity contribution in [1.82, 2.24) is 0 Å². The Hall–Kier alpha value is -1.59. The van der Waals surface area contributed by atoms with Crippen molar-refractivity contribution in [2.45, 2.75) is 386 Å². The first-order chi connectivity index (χ1) is 35.0.